The average Bonchev–Trinajstić information content (AvgIpc) is 2.26. The smallest absolute Gasteiger partial charge is 0.311 e. The Morgan fingerprint density at radius 2 is 1.90 bits per heavy atom. The van der Waals surface area contributed by atoms with Gasteiger partial charge < -0.3 is 9.47 Å². The van der Waals surface area contributed by atoms with Gasteiger partial charge in [-0.2, -0.15) is 8.42 Å². The van der Waals surface area contributed by atoms with Crippen molar-refractivity contribution in [2.45, 2.75) is 26.9 Å². The van der Waals surface area contributed by atoms with E-state index >= 15 is 0 Å². The van der Waals surface area contributed by atoms with Crippen molar-refractivity contribution < 1.29 is 27.2 Å². The largest absolute Gasteiger partial charge is 0.459 e. The maximum absolute atomic E-state index is 11.9. The fourth-order valence-electron chi connectivity index (χ4n) is 1.76. The van der Waals surface area contributed by atoms with Crippen LogP contribution < -0.4 is 0 Å². The van der Waals surface area contributed by atoms with Crippen LogP contribution in [0.2, 0.25) is 0 Å². The van der Waals surface area contributed by atoms with Crippen LogP contribution >= 0.6 is 0 Å². The third kappa shape index (κ3) is 6.65. The number of morpholine rings is 1. The first-order valence-electron chi connectivity index (χ1n) is 6.54. The number of carbonyl (C=O) groups excluding carboxylic acids is 1. The molecule has 7 nitrogen and oxygen atoms in total. The number of hydrogen-bond donors (Lipinski definition) is 1. The Morgan fingerprint density at radius 1 is 1.35 bits per heavy atom. The standard InChI is InChI=1S/C12H23NO6S/c1-12(2,3)11(14)19-10(9-20(15,16)17)8-13-4-6-18-7-5-13/h10H,4-9H2,1-3H3,(H,15,16,17). The molecule has 118 valence electrons. The quantitative estimate of drug-likeness (QED) is 0.571. The van der Waals surface area contributed by atoms with Crippen LogP contribution in [0.1, 0.15) is 20.8 Å². The van der Waals surface area contributed by atoms with Gasteiger partial charge in [0.25, 0.3) is 10.1 Å². The lowest BCUT2D eigenvalue weighted by molar-refractivity contribution is -0.158. The Labute approximate surface area is 120 Å². The molecule has 1 rings (SSSR count). The summed E-state index contributed by atoms with van der Waals surface area (Å²) in [6.45, 7) is 7.75. The van der Waals surface area contributed by atoms with Gasteiger partial charge in [-0.3, -0.25) is 14.2 Å². The van der Waals surface area contributed by atoms with Gasteiger partial charge in [-0.05, 0) is 20.8 Å². The highest BCUT2D eigenvalue weighted by atomic mass is 32.2. The fourth-order valence-corrected chi connectivity index (χ4v) is 2.40. The molecule has 0 radical (unpaired) electrons. The molecule has 1 atom stereocenters. The summed E-state index contributed by atoms with van der Waals surface area (Å²) in [6, 6.07) is 0. The molecule has 1 unspecified atom stereocenters. The van der Waals surface area contributed by atoms with Gasteiger partial charge in [0.05, 0.1) is 18.6 Å². The Balaban J connectivity index is 2.66. The molecule has 0 aromatic heterocycles. The normalized spacial score (nSPS) is 19.6. The molecule has 1 aliphatic heterocycles. The highest BCUT2D eigenvalue weighted by Gasteiger charge is 2.30. The maximum atomic E-state index is 11.9. The fraction of sp³-hybridized carbons (Fsp3) is 0.917. The van der Waals surface area contributed by atoms with Crippen LogP contribution in [0.4, 0.5) is 0 Å². The number of ether oxygens (including phenoxy) is 2. The zero-order valence-electron chi connectivity index (χ0n) is 12.2. The van der Waals surface area contributed by atoms with Gasteiger partial charge in [-0.15, -0.1) is 0 Å². The maximum Gasteiger partial charge on any atom is 0.311 e. The topological polar surface area (TPSA) is 93.1 Å². The molecule has 0 bridgehead atoms. The molecule has 1 heterocycles. The summed E-state index contributed by atoms with van der Waals surface area (Å²) in [7, 11) is -4.20. The monoisotopic (exact) mass is 309 g/mol. The SMILES string of the molecule is CC(C)(C)C(=O)OC(CN1CCOCC1)CS(=O)(=O)O. The minimum absolute atomic E-state index is 0.269. The molecule has 1 saturated heterocycles. The van der Waals surface area contributed by atoms with Crippen LogP contribution in [0.25, 0.3) is 0 Å². The lowest BCUT2D eigenvalue weighted by atomic mass is 9.97. The molecule has 1 N–H and O–H groups in total. The van der Waals surface area contributed by atoms with E-state index in [1.807, 2.05) is 4.90 Å². The number of esters is 1. The zero-order chi connectivity index (χ0) is 15.4. The minimum Gasteiger partial charge on any atom is -0.459 e. The minimum atomic E-state index is -4.20. The van der Waals surface area contributed by atoms with Gasteiger partial charge in [-0.1, -0.05) is 0 Å². The van der Waals surface area contributed by atoms with Crippen molar-refractivity contribution in [3.05, 3.63) is 0 Å². The predicted octanol–water partition coefficient (Wildman–Crippen LogP) is 0.164. The van der Waals surface area contributed by atoms with Crippen molar-refractivity contribution in [2.75, 3.05) is 38.6 Å². The van der Waals surface area contributed by atoms with Gasteiger partial charge in [-0.25, -0.2) is 0 Å². The van der Waals surface area contributed by atoms with Crippen molar-refractivity contribution in [3.63, 3.8) is 0 Å². The Bertz CT molecular complexity index is 422. The van der Waals surface area contributed by atoms with Crippen molar-refractivity contribution in [1.82, 2.24) is 4.90 Å². The summed E-state index contributed by atoms with van der Waals surface area (Å²) >= 11 is 0. The molecule has 0 aromatic rings. The molecule has 1 fully saturated rings. The van der Waals surface area contributed by atoms with E-state index in [4.69, 9.17) is 14.0 Å². The van der Waals surface area contributed by atoms with Crippen molar-refractivity contribution in [2.24, 2.45) is 5.41 Å². The van der Waals surface area contributed by atoms with Gasteiger partial charge in [0, 0.05) is 19.6 Å². The van der Waals surface area contributed by atoms with Crippen LogP contribution in [0.15, 0.2) is 0 Å². The molecule has 0 saturated carbocycles. The van der Waals surface area contributed by atoms with E-state index in [1.165, 1.54) is 0 Å². The van der Waals surface area contributed by atoms with Gasteiger partial charge in [0.2, 0.25) is 0 Å². The van der Waals surface area contributed by atoms with Crippen LogP contribution in [-0.4, -0.2) is 68.5 Å². The molecular weight excluding hydrogens is 286 g/mol. The Morgan fingerprint density at radius 3 is 2.35 bits per heavy atom. The summed E-state index contributed by atoms with van der Waals surface area (Å²) in [5, 5.41) is 0. The predicted molar refractivity (Wildman–Crippen MR) is 73.0 cm³/mol. The number of nitrogens with zero attached hydrogens (tertiary/aromatic N) is 1. The van der Waals surface area contributed by atoms with Gasteiger partial charge in [0.15, 0.2) is 0 Å². The second kappa shape index (κ2) is 6.84. The summed E-state index contributed by atoms with van der Waals surface area (Å²) in [5.74, 6) is -1.08. The second-order valence-corrected chi connectivity index (χ2v) is 7.44. The van der Waals surface area contributed by atoms with E-state index < -0.39 is 33.4 Å². The first-order chi connectivity index (χ1) is 9.08. The first kappa shape index (κ1) is 17.4. The number of carbonyl (C=O) groups is 1. The molecular formula is C12H23NO6S. The van der Waals surface area contributed by atoms with Crippen LogP contribution in [0.3, 0.4) is 0 Å². The zero-order valence-corrected chi connectivity index (χ0v) is 13.0. The summed E-state index contributed by atoms with van der Waals surface area (Å²) in [4.78, 5) is 13.8. The second-order valence-electron chi connectivity index (χ2n) is 5.94. The summed E-state index contributed by atoms with van der Waals surface area (Å²) in [5.41, 5.74) is -0.720. The number of hydrogen-bond acceptors (Lipinski definition) is 6. The Hall–Kier alpha value is -0.700. The summed E-state index contributed by atoms with van der Waals surface area (Å²) < 4.78 is 41.5. The lowest BCUT2D eigenvalue weighted by Crippen LogP contribution is -2.45. The lowest BCUT2D eigenvalue weighted by Gasteiger charge is -2.31. The van der Waals surface area contributed by atoms with E-state index in [9.17, 15) is 13.2 Å². The van der Waals surface area contributed by atoms with Crippen LogP contribution in [-0.2, 0) is 24.4 Å². The highest BCUT2D eigenvalue weighted by molar-refractivity contribution is 7.85. The van der Waals surface area contributed by atoms with E-state index in [0.717, 1.165) is 0 Å². The Kier molecular flexibility index (Phi) is 5.93. The van der Waals surface area contributed by atoms with E-state index in [2.05, 4.69) is 0 Å². The van der Waals surface area contributed by atoms with E-state index in [-0.39, 0.29) is 6.54 Å². The van der Waals surface area contributed by atoms with Gasteiger partial charge in [0.1, 0.15) is 11.9 Å². The molecule has 0 spiro atoms. The third-order valence-electron chi connectivity index (χ3n) is 2.85. The third-order valence-corrected chi connectivity index (χ3v) is 3.64. The van der Waals surface area contributed by atoms with E-state index in [1.54, 1.807) is 20.8 Å². The van der Waals surface area contributed by atoms with Crippen molar-refractivity contribution >= 4 is 16.1 Å². The van der Waals surface area contributed by atoms with E-state index in [0.29, 0.717) is 26.3 Å². The molecule has 0 aliphatic carbocycles. The molecule has 8 heteroatoms. The first-order valence-corrected chi connectivity index (χ1v) is 8.15. The van der Waals surface area contributed by atoms with Gasteiger partial charge >= 0.3 is 5.97 Å². The molecule has 0 amide bonds. The van der Waals surface area contributed by atoms with Crippen molar-refractivity contribution in [3.8, 4) is 0 Å². The average molecular weight is 309 g/mol. The molecule has 20 heavy (non-hydrogen) atoms. The summed E-state index contributed by atoms with van der Waals surface area (Å²) in [6.07, 6.45) is -0.880. The molecule has 0 aromatic carbocycles. The molecule has 1 aliphatic rings. The van der Waals surface area contributed by atoms with Crippen LogP contribution in [0, 0.1) is 5.41 Å². The highest BCUT2D eigenvalue weighted by Crippen LogP contribution is 2.17. The van der Waals surface area contributed by atoms with Crippen molar-refractivity contribution in [1.29, 1.82) is 0 Å². The van der Waals surface area contributed by atoms with Crippen LogP contribution in [0.5, 0.6) is 0 Å². The number of rotatable bonds is 5.